The normalized spacial score (nSPS) is 17.3. The van der Waals surface area contributed by atoms with Gasteiger partial charge in [0.1, 0.15) is 0 Å². The average molecular weight is 332 g/mol. The Labute approximate surface area is 141 Å². The number of benzene rings is 1. The highest BCUT2D eigenvalue weighted by Crippen LogP contribution is 2.31. The molecule has 0 aliphatic heterocycles. The predicted octanol–water partition coefficient (Wildman–Crippen LogP) is 3.68. The molecule has 0 unspecified atom stereocenters. The first-order valence-corrected chi connectivity index (χ1v) is 8.99. The summed E-state index contributed by atoms with van der Waals surface area (Å²) in [6.07, 6.45) is 6.05. The van der Waals surface area contributed by atoms with Gasteiger partial charge in [0.25, 0.3) is 0 Å². The van der Waals surface area contributed by atoms with Crippen molar-refractivity contribution in [1.82, 2.24) is 15.2 Å². The molecule has 5 nitrogen and oxygen atoms in total. The molecule has 124 valence electrons. The van der Waals surface area contributed by atoms with Crippen LogP contribution in [0.3, 0.4) is 0 Å². The highest BCUT2D eigenvalue weighted by Gasteiger charge is 2.34. The van der Waals surface area contributed by atoms with E-state index in [2.05, 4.69) is 34.6 Å². The Morgan fingerprint density at radius 2 is 2.00 bits per heavy atom. The van der Waals surface area contributed by atoms with Crippen molar-refractivity contribution in [1.29, 1.82) is 0 Å². The van der Waals surface area contributed by atoms with Gasteiger partial charge in [-0.2, -0.15) is 0 Å². The van der Waals surface area contributed by atoms with Crippen LogP contribution in [0.25, 0.3) is 10.2 Å². The van der Waals surface area contributed by atoms with Crippen molar-refractivity contribution in [3.05, 3.63) is 24.3 Å². The Kier molecular flexibility index (Phi) is 4.82. The van der Waals surface area contributed by atoms with Gasteiger partial charge < -0.3 is 10.2 Å². The summed E-state index contributed by atoms with van der Waals surface area (Å²) in [5.74, 6) is 0. The lowest BCUT2D eigenvalue weighted by Crippen LogP contribution is -2.54. The molecule has 1 aliphatic rings. The second-order valence-corrected chi connectivity index (χ2v) is 7.50. The number of carbonyl (C=O) groups excluding carboxylic acids is 1. The number of carbonyl (C=O) groups is 1. The molecule has 2 amide bonds. The molecule has 0 radical (unpaired) electrons. The van der Waals surface area contributed by atoms with Gasteiger partial charge in [0.05, 0.1) is 10.2 Å². The second-order valence-electron chi connectivity index (χ2n) is 6.47. The summed E-state index contributed by atoms with van der Waals surface area (Å²) in [5.41, 5.74) is 1.01. The lowest BCUT2D eigenvalue weighted by atomic mass is 9.80. The monoisotopic (exact) mass is 332 g/mol. The number of nitrogens with one attached hydrogen (secondary N) is 2. The second kappa shape index (κ2) is 6.84. The number of rotatable bonds is 4. The smallest absolute Gasteiger partial charge is 0.321 e. The number of amides is 2. The van der Waals surface area contributed by atoms with Crippen molar-refractivity contribution in [2.24, 2.45) is 0 Å². The lowest BCUT2D eigenvalue weighted by Gasteiger charge is -2.43. The van der Waals surface area contributed by atoms with E-state index in [0.717, 1.165) is 23.1 Å². The number of hydrogen-bond donors (Lipinski definition) is 2. The molecule has 3 rings (SSSR count). The summed E-state index contributed by atoms with van der Waals surface area (Å²) < 4.78 is 1.08. The Balaban J connectivity index is 1.60. The minimum Gasteiger partial charge on any atom is -0.336 e. The van der Waals surface area contributed by atoms with Gasteiger partial charge in [0.2, 0.25) is 0 Å². The van der Waals surface area contributed by atoms with Crippen LogP contribution in [-0.4, -0.2) is 42.1 Å². The summed E-state index contributed by atoms with van der Waals surface area (Å²) in [4.78, 5) is 18.9. The van der Waals surface area contributed by atoms with Crippen LogP contribution in [-0.2, 0) is 0 Å². The van der Waals surface area contributed by atoms with Gasteiger partial charge >= 0.3 is 6.03 Å². The summed E-state index contributed by atoms with van der Waals surface area (Å²) >= 11 is 1.50. The maximum absolute atomic E-state index is 12.2. The fourth-order valence-corrected chi connectivity index (χ4v) is 4.16. The van der Waals surface area contributed by atoms with Gasteiger partial charge in [0, 0.05) is 12.1 Å². The third-order valence-corrected chi connectivity index (χ3v) is 5.78. The molecule has 1 aromatic carbocycles. The summed E-state index contributed by atoms with van der Waals surface area (Å²) in [6.45, 7) is 0.677. The van der Waals surface area contributed by atoms with Crippen molar-refractivity contribution in [3.63, 3.8) is 0 Å². The van der Waals surface area contributed by atoms with Crippen molar-refractivity contribution < 1.29 is 4.79 Å². The molecule has 2 aromatic rings. The molecule has 1 aliphatic carbocycles. The Hall–Kier alpha value is -1.66. The van der Waals surface area contributed by atoms with E-state index in [1.807, 2.05) is 24.3 Å². The topological polar surface area (TPSA) is 57.3 Å². The van der Waals surface area contributed by atoms with Crippen molar-refractivity contribution in [3.8, 4) is 0 Å². The summed E-state index contributed by atoms with van der Waals surface area (Å²) in [5, 5.41) is 6.55. The lowest BCUT2D eigenvalue weighted by molar-refractivity contribution is 0.101. The van der Waals surface area contributed by atoms with E-state index in [1.54, 1.807) is 0 Å². The average Bonchev–Trinajstić information content (AvgIpc) is 2.96. The van der Waals surface area contributed by atoms with E-state index in [0.29, 0.717) is 11.7 Å². The van der Waals surface area contributed by atoms with E-state index in [1.165, 1.54) is 30.6 Å². The fraction of sp³-hybridized carbons (Fsp3) is 0.529. The first-order chi connectivity index (χ1) is 11.1. The number of likely N-dealkylation sites (N-methyl/N-ethyl adjacent to an activating group) is 1. The van der Waals surface area contributed by atoms with E-state index in [9.17, 15) is 4.79 Å². The van der Waals surface area contributed by atoms with Crippen LogP contribution in [0.2, 0.25) is 0 Å². The highest BCUT2D eigenvalue weighted by molar-refractivity contribution is 7.22. The van der Waals surface area contributed by atoms with Gasteiger partial charge in [-0.3, -0.25) is 5.32 Å². The van der Waals surface area contributed by atoms with Crippen LogP contribution in [0.5, 0.6) is 0 Å². The quantitative estimate of drug-likeness (QED) is 0.898. The Morgan fingerprint density at radius 1 is 1.26 bits per heavy atom. The largest absolute Gasteiger partial charge is 0.336 e. The van der Waals surface area contributed by atoms with Crippen LogP contribution in [0.15, 0.2) is 24.3 Å². The number of thiazole rings is 1. The van der Waals surface area contributed by atoms with Crippen LogP contribution >= 0.6 is 11.3 Å². The minimum atomic E-state index is -0.171. The number of fused-ring (bicyclic) bond motifs is 1. The number of nitrogens with zero attached hydrogens (tertiary/aromatic N) is 2. The molecule has 1 saturated carbocycles. The van der Waals surface area contributed by atoms with Crippen molar-refractivity contribution >= 4 is 32.7 Å². The standard InChI is InChI=1S/C17H24N4OS/c1-21(2)17(10-6-3-7-11-17)12-18-15(22)20-16-19-13-8-4-5-9-14(13)23-16/h4-5,8-9H,3,6-7,10-12H2,1-2H3,(H2,18,19,20,22). The molecule has 0 atom stereocenters. The predicted molar refractivity (Wildman–Crippen MR) is 96.1 cm³/mol. The van der Waals surface area contributed by atoms with E-state index >= 15 is 0 Å². The maximum Gasteiger partial charge on any atom is 0.321 e. The van der Waals surface area contributed by atoms with Gasteiger partial charge in [-0.25, -0.2) is 9.78 Å². The van der Waals surface area contributed by atoms with Crippen molar-refractivity contribution in [2.45, 2.75) is 37.6 Å². The fourth-order valence-electron chi connectivity index (χ4n) is 3.30. The van der Waals surface area contributed by atoms with E-state index in [-0.39, 0.29) is 11.6 Å². The zero-order valence-electron chi connectivity index (χ0n) is 13.8. The molecular weight excluding hydrogens is 308 g/mol. The maximum atomic E-state index is 12.2. The third-order valence-electron chi connectivity index (χ3n) is 4.83. The molecule has 0 spiro atoms. The molecule has 1 heterocycles. The molecule has 2 N–H and O–H groups in total. The van der Waals surface area contributed by atoms with Gasteiger partial charge in [-0.15, -0.1) is 0 Å². The number of urea groups is 1. The van der Waals surface area contributed by atoms with Gasteiger partial charge in [0.15, 0.2) is 5.13 Å². The van der Waals surface area contributed by atoms with Crippen LogP contribution in [0.4, 0.5) is 9.93 Å². The zero-order valence-corrected chi connectivity index (χ0v) is 14.6. The number of anilines is 1. The summed E-state index contributed by atoms with van der Waals surface area (Å²) in [7, 11) is 4.22. The number of hydrogen-bond acceptors (Lipinski definition) is 4. The Morgan fingerprint density at radius 3 is 2.70 bits per heavy atom. The minimum absolute atomic E-state index is 0.0865. The Bertz CT molecular complexity index is 643. The number of para-hydroxylation sites is 1. The van der Waals surface area contributed by atoms with Crippen molar-refractivity contribution in [2.75, 3.05) is 26.0 Å². The molecular formula is C17H24N4OS. The SMILES string of the molecule is CN(C)C1(CNC(=O)Nc2nc3ccccc3s2)CCCCC1. The first-order valence-electron chi connectivity index (χ1n) is 8.17. The highest BCUT2D eigenvalue weighted by atomic mass is 32.1. The van der Waals surface area contributed by atoms with Gasteiger partial charge in [-0.05, 0) is 39.1 Å². The van der Waals surface area contributed by atoms with Crippen LogP contribution in [0, 0.1) is 0 Å². The third kappa shape index (κ3) is 3.64. The van der Waals surface area contributed by atoms with E-state index in [4.69, 9.17) is 0 Å². The zero-order chi connectivity index (χ0) is 16.3. The number of aromatic nitrogens is 1. The molecule has 0 bridgehead atoms. The first kappa shape index (κ1) is 16.2. The van der Waals surface area contributed by atoms with Crippen LogP contribution in [0.1, 0.15) is 32.1 Å². The van der Waals surface area contributed by atoms with Crippen LogP contribution < -0.4 is 10.6 Å². The molecule has 0 saturated heterocycles. The molecule has 6 heteroatoms. The molecule has 1 fully saturated rings. The summed E-state index contributed by atoms with van der Waals surface area (Å²) in [6, 6.07) is 7.73. The van der Waals surface area contributed by atoms with Gasteiger partial charge in [-0.1, -0.05) is 42.7 Å². The molecule has 23 heavy (non-hydrogen) atoms. The molecule has 1 aromatic heterocycles. The van der Waals surface area contributed by atoms with E-state index < -0.39 is 0 Å².